The van der Waals surface area contributed by atoms with Crippen LogP contribution in [0.1, 0.15) is 265 Å². The highest BCUT2D eigenvalue weighted by atomic mass is 16.5. The predicted molar refractivity (Wildman–Crippen MR) is 233 cm³/mol. The van der Waals surface area contributed by atoms with Gasteiger partial charge in [0.25, 0.3) is 0 Å². The van der Waals surface area contributed by atoms with Gasteiger partial charge >= 0.3 is 11.9 Å². The average molecular weight is 765 g/mol. The molecule has 5 heteroatoms. The molecule has 0 heterocycles. The summed E-state index contributed by atoms with van der Waals surface area (Å²) in [5, 5.41) is 9.34. The summed E-state index contributed by atoms with van der Waals surface area (Å²) in [5.41, 5.74) is 0. The lowest BCUT2D eigenvalue weighted by Gasteiger charge is -2.18. The van der Waals surface area contributed by atoms with Crippen LogP contribution in [0.5, 0.6) is 0 Å². The van der Waals surface area contributed by atoms with Crippen molar-refractivity contribution in [3.63, 3.8) is 0 Å². The van der Waals surface area contributed by atoms with Gasteiger partial charge in [0.2, 0.25) is 0 Å². The Balaban J connectivity index is 4.39. The highest BCUT2D eigenvalue weighted by Crippen LogP contribution is 2.25. The van der Waals surface area contributed by atoms with E-state index in [-0.39, 0.29) is 18.5 Å². The predicted octanol–water partition coefficient (Wildman–Crippen LogP) is 15.4. The normalized spacial score (nSPS) is 13.2. The molecule has 0 aliphatic heterocycles. The molecule has 0 saturated heterocycles. The summed E-state index contributed by atoms with van der Waals surface area (Å²) in [6, 6.07) is 0. The highest BCUT2D eigenvalue weighted by Gasteiger charge is 2.15. The van der Waals surface area contributed by atoms with Crippen LogP contribution in [-0.4, -0.2) is 36.9 Å². The largest absolute Gasteiger partial charge is 0.465 e. The van der Waals surface area contributed by atoms with Crippen molar-refractivity contribution in [2.75, 3.05) is 19.8 Å². The van der Waals surface area contributed by atoms with Gasteiger partial charge in [-0.3, -0.25) is 9.59 Å². The molecule has 0 saturated carbocycles. The van der Waals surface area contributed by atoms with Crippen LogP contribution in [0.25, 0.3) is 0 Å². The Bertz CT molecular complexity index is 711. The average Bonchev–Trinajstić information content (AvgIpc) is 3.17. The Morgan fingerprint density at radius 3 is 0.944 bits per heavy atom. The van der Waals surface area contributed by atoms with Crippen molar-refractivity contribution in [2.24, 2.45) is 17.8 Å². The zero-order chi connectivity index (χ0) is 39.6. The van der Waals surface area contributed by atoms with Crippen LogP contribution >= 0.6 is 0 Å². The van der Waals surface area contributed by atoms with E-state index in [0.717, 1.165) is 51.4 Å². The molecule has 0 fully saturated rings. The molecule has 0 aliphatic rings. The molecule has 322 valence electrons. The fraction of sp³-hybridized carbons (Fsp3) is 0.959. The van der Waals surface area contributed by atoms with Crippen molar-refractivity contribution in [1.82, 2.24) is 0 Å². The lowest BCUT2D eigenvalue weighted by atomic mass is 9.90. The fourth-order valence-electron chi connectivity index (χ4n) is 8.07. The van der Waals surface area contributed by atoms with E-state index in [1.807, 2.05) is 0 Å². The van der Waals surface area contributed by atoms with Crippen LogP contribution in [0.4, 0.5) is 0 Å². The van der Waals surface area contributed by atoms with Gasteiger partial charge in [-0.15, -0.1) is 0 Å². The van der Waals surface area contributed by atoms with Crippen LogP contribution < -0.4 is 0 Å². The van der Waals surface area contributed by atoms with E-state index in [2.05, 4.69) is 27.7 Å². The number of rotatable bonds is 44. The van der Waals surface area contributed by atoms with Gasteiger partial charge in [0.1, 0.15) is 0 Å². The molecule has 0 aliphatic carbocycles. The van der Waals surface area contributed by atoms with Gasteiger partial charge in [-0.2, -0.15) is 0 Å². The molecule has 2 atom stereocenters. The van der Waals surface area contributed by atoms with E-state index in [1.54, 1.807) is 0 Å². The minimum atomic E-state index is -0.00479. The molecule has 0 aromatic heterocycles. The number of carbonyl (C=O) groups is 2. The van der Waals surface area contributed by atoms with Crippen molar-refractivity contribution in [3.05, 3.63) is 0 Å². The van der Waals surface area contributed by atoms with Gasteiger partial charge in [0, 0.05) is 19.4 Å². The maximum Gasteiger partial charge on any atom is 0.305 e. The maximum absolute atomic E-state index is 12.6. The molecule has 0 spiro atoms. The van der Waals surface area contributed by atoms with Crippen molar-refractivity contribution in [3.8, 4) is 0 Å². The Morgan fingerprint density at radius 1 is 0.352 bits per heavy atom. The number of aliphatic hydroxyl groups excluding tert-OH is 1. The van der Waals surface area contributed by atoms with Crippen LogP contribution in [0.2, 0.25) is 0 Å². The van der Waals surface area contributed by atoms with Crippen LogP contribution in [0.3, 0.4) is 0 Å². The molecule has 54 heavy (non-hydrogen) atoms. The minimum Gasteiger partial charge on any atom is -0.465 e. The summed E-state index contributed by atoms with van der Waals surface area (Å²) in [5.74, 6) is 1.71. The first-order chi connectivity index (χ1) is 26.5. The highest BCUT2D eigenvalue weighted by molar-refractivity contribution is 5.69. The monoisotopic (exact) mass is 765 g/mol. The molecule has 5 nitrogen and oxygen atoms in total. The first kappa shape index (κ1) is 52.9. The number of hydrogen-bond acceptors (Lipinski definition) is 5. The first-order valence-electron chi connectivity index (χ1n) is 24.4. The van der Waals surface area contributed by atoms with E-state index in [9.17, 15) is 14.7 Å². The Morgan fingerprint density at radius 2 is 0.611 bits per heavy atom. The number of unbranched alkanes of at least 4 members (excludes halogenated alkanes) is 21. The van der Waals surface area contributed by atoms with E-state index >= 15 is 0 Å². The summed E-state index contributed by atoms with van der Waals surface area (Å²) >= 11 is 0. The Hall–Kier alpha value is -1.10. The van der Waals surface area contributed by atoms with E-state index in [0.29, 0.717) is 43.8 Å². The first-order valence-corrected chi connectivity index (χ1v) is 24.4. The van der Waals surface area contributed by atoms with Crippen molar-refractivity contribution >= 4 is 11.9 Å². The summed E-state index contributed by atoms with van der Waals surface area (Å²) in [7, 11) is 0. The topological polar surface area (TPSA) is 72.8 Å². The molecule has 0 amide bonds. The van der Waals surface area contributed by atoms with Crippen LogP contribution in [-0.2, 0) is 19.1 Å². The third kappa shape index (κ3) is 37.8. The van der Waals surface area contributed by atoms with Crippen molar-refractivity contribution in [1.29, 1.82) is 0 Å². The molecular formula is C49H96O5. The summed E-state index contributed by atoms with van der Waals surface area (Å²) in [6.07, 6.45) is 43.8. The molecule has 0 radical (unpaired) electrons. The third-order valence-electron chi connectivity index (χ3n) is 11.8. The lowest BCUT2D eigenvalue weighted by molar-refractivity contribution is -0.146. The van der Waals surface area contributed by atoms with Crippen LogP contribution in [0.15, 0.2) is 0 Å². The van der Waals surface area contributed by atoms with Crippen molar-refractivity contribution in [2.45, 2.75) is 265 Å². The fourth-order valence-corrected chi connectivity index (χ4v) is 8.07. The number of esters is 2. The van der Waals surface area contributed by atoms with Crippen molar-refractivity contribution < 1.29 is 24.2 Å². The Kier molecular flexibility index (Phi) is 42.2. The third-order valence-corrected chi connectivity index (χ3v) is 11.8. The number of ether oxygens (including phenoxy) is 2. The van der Waals surface area contributed by atoms with E-state index in [4.69, 9.17) is 9.47 Å². The van der Waals surface area contributed by atoms with Gasteiger partial charge in [0.15, 0.2) is 0 Å². The van der Waals surface area contributed by atoms with Gasteiger partial charge < -0.3 is 14.6 Å². The minimum absolute atomic E-state index is 0.00479. The smallest absolute Gasteiger partial charge is 0.305 e. The second-order valence-electron chi connectivity index (χ2n) is 17.2. The molecule has 2 unspecified atom stereocenters. The summed E-state index contributed by atoms with van der Waals surface area (Å²) in [4.78, 5) is 25.3. The second-order valence-corrected chi connectivity index (χ2v) is 17.2. The zero-order valence-electron chi connectivity index (χ0n) is 37.1. The molecule has 1 N–H and O–H groups in total. The molecular weight excluding hydrogens is 669 g/mol. The Labute approximate surface area is 338 Å². The van der Waals surface area contributed by atoms with Gasteiger partial charge in [-0.25, -0.2) is 0 Å². The maximum atomic E-state index is 12.6. The summed E-state index contributed by atoms with van der Waals surface area (Å²) in [6.45, 7) is 10.6. The summed E-state index contributed by atoms with van der Waals surface area (Å²) < 4.78 is 11.7. The lowest BCUT2D eigenvalue weighted by Crippen LogP contribution is -2.14. The number of carbonyl (C=O) groups excluding carboxylic acids is 2. The van der Waals surface area contributed by atoms with Gasteiger partial charge in [-0.05, 0) is 62.7 Å². The molecule has 0 bridgehead atoms. The quantitative estimate of drug-likeness (QED) is 0.0494. The number of aliphatic hydroxyl groups is 1. The molecule has 0 rings (SSSR count). The van der Waals surface area contributed by atoms with E-state index < -0.39 is 0 Å². The van der Waals surface area contributed by atoms with E-state index in [1.165, 1.54) is 173 Å². The van der Waals surface area contributed by atoms with Gasteiger partial charge in [-0.1, -0.05) is 207 Å². The van der Waals surface area contributed by atoms with Crippen LogP contribution in [0, 0.1) is 17.8 Å². The number of hydrogen-bond donors (Lipinski definition) is 1. The SMILES string of the molecule is CCCCCCCCC(CCCCCC)COC(=O)CCCCCC(CCCCO)CCCCCC(=O)OCC(CCCCCC)CCCCCCCC. The second kappa shape index (κ2) is 43.0. The van der Waals surface area contributed by atoms with Gasteiger partial charge in [0.05, 0.1) is 13.2 Å². The molecule has 0 aromatic carbocycles. The standard InChI is InChI=1S/C49H96O5/c1-5-9-13-17-19-25-38-46(36-23-15-11-7-3)43-53-48(51)40-29-21-27-33-45(35-31-32-42-50)34-28-22-30-41-49(52)54-44-47(37-24-16-12-8-4)39-26-20-18-14-10-6-2/h45-47,50H,5-44H2,1-4H3. The molecule has 0 aromatic rings. The zero-order valence-corrected chi connectivity index (χ0v) is 37.1.